The first-order chi connectivity index (χ1) is 12.2. The zero-order valence-electron chi connectivity index (χ0n) is 15.0. The van der Waals surface area contributed by atoms with Crippen LogP contribution in [-0.2, 0) is 23.4 Å². The van der Waals surface area contributed by atoms with E-state index in [-0.39, 0.29) is 30.8 Å². The minimum absolute atomic E-state index is 0.0558. The van der Waals surface area contributed by atoms with Gasteiger partial charge in [-0.25, -0.2) is 4.57 Å². The maximum Gasteiger partial charge on any atom is 0.459 e. The van der Waals surface area contributed by atoms with Crippen molar-refractivity contribution in [2.24, 2.45) is 0 Å². The van der Waals surface area contributed by atoms with E-state index < -0.39 is 24.7 Å². The summed E-state index contributed by atoms with van der Waals surface area (Å²) in [6.07, 6.45) is -0.337. The second-order valence-electron chi connectivity index (χ2n) is 5.50. The lowest BCUT2D eigenvalue weighted by Gasteiger charge is -2.23. The van der Waals surface area contributed by atoms with Gasteiger partial charge in [-0.05, 0) is 32.9 Å². The highest BCUT2D eigenvalue weighted by Crippen LogP contribution is 2.45. The fourth-order valence-corrected chi connectivity index (χ4v) is 3.20. The molecule has 0 saturated carbocycles. The van der Waals surface area contributed by atoms with Crippen molar-refractivity contribution in [3.8, 4) is 5.75 Å². The number of nitro groups is 1. The number of rotatable bonds is 11. The number of nitro benzene ring substituents is 1. The Balaban J connectivity index is 2.89. The highest BCUT2D eigenvalue weighted by Gasteiger charge is 2.32. The van der Waals surface area contributed by atoms with Crippen LogP contribution >= 0.6 is 7.75 Å². The second kappa shape index (κ2) is 10.2. The average Bonchev–Trinajstić information content (AvgIpc) is 2.54. The van der Waals surface area contributed by atoms with E-state index in [0.717, 1.165) is 0 Å². The molecule has 26 heavy (non-hydrogen) atoms. The van der Waals surface area contributed by atoms with E-state index in [1.807, 2.05) is 0 Å². The molecule has 1 rings (SSSR count). The number of hydrogen-bond acceptors (Lipinski definition) is 8. The lowest BCUT2D eigenvalue weighted by Crippen LogP contribution is -2.36. The van der Waals surface area contributed by atoms with Crippen LogP contribution in [0.25, 0.3) is 0 Å². The Kier molecular flexibility index (Phi) is 8.67. The predicted octanol–water partition coefficient (Wildman–Crippen LogP) is 2.67. The first kappa shape index (κ1) is 22.0. The van der Waals surface area contributed by atoms with Gasteiger partial charge in [-0.3, -0.25) is 19.4 Å². The number of esters is 1. The van der Waals surface area contributed by atoms with Crippen molar-refractivity contribution in [1.29, 1.82) is 0 Å². The largest absolute Gasteiger partial charge is 0.462 e. The van der Waals surface area contributed by atoms with Crippen molar-refractivity contribution in [3.05, 3.63) is 34.4 Å². The van der Waals surface area contributed by atoms with Crippen LogP contribution in [0.4, 0.5) is 5.69 Å². The quantitative estimate of drug-likeness (QED) is 0.199. The number of non-ortho nitro benzene ring substituents is 1. The first-order valence-electron chi connectivity index (χ1n) is 7.82. The topological polar surface area (TPSA) is 126 Å². The molecule has 0 bridgehead atoms. The van der Waals surface area contributed by atoms with Gasteiger partial charge in [-0.1, -0.05) is 0 Å². The van der Waals surface area contributed by atoms with E-state index in [0.29, 0.717) is 0 Å². The molecular weight excluding hydrogens is 367 g/mol. The molecular formula is C15H23N2O8P. The number of benzene rings is 1. The van der Waals surface area contributed by atoms with Crippen LogP contribution in [-0.4, -0.2) is 43.4 Å². The van der Waals surface area contributed by atoms with E-state index in [1.54, 1.807) is 13.8 Å². The van der Waals surface area contributed by atoms with Crippen LogP contribution in [0.3, 0.4) is 0 Å². The Morgan fingerprint density at radius 1 is 1.23 bits per heavy atom. The maximum absolute atomic E-state index is 12.9. The molecule has 2 unspecified atom stereocenters. The minimum Gasteiger partial charge on any atom is -0.462 e. The van der Waals surface area contributed by atoms with Crippen LogP contribution < -0.4 is 9.61 Å². The van der Waals surface area contributed by atoms with E-state index in [4.69, 9.17) is 18.5 Å². The molecule has 10 nitrogen and oxygen atoms in total. The van der Waals surface area contributed by atoms with Crippen LogP contribution in [0, 0.1) is 10.1 Å². The maximum atomic E-state index is 12.9. The molecule has 0 aliphatic carbocycles. The molecule has 11 heteroatoms. The molecule has 1 aromatic rings. The Labute approximate surface area is 151 Å². The number of hydrogen-bond donors (Lipinski definition) is 1. The second-order valence-corrected chi connectivity index (χ2v) is 7.20. The van der Waals surface area contributed by atoms with E-state index in [9.17, 15) is 19.5 Å². The molecule has 1 N–H and O–H groups in total. The monoisotopic (exact) mass is 390 g/mol. The molecule has 0 spiro atoms. The first-order valence-corrected chi connectivity index (χ1v) is 9.37. The molecule has 2 atom stereocenters. The number of ether oxygens (including phenoxy) is 2. The summed E-state index contributed by atoms with van der Waals surface area (Å²) in [7, 11) is -2.52. The van der Waals surface area contributed by atoms with Gasteiger partial charge in [0.2, 0.25) is 0 Å². The number of nitrogens with one attached hydrogen (secondary N) is 1. The average molecular weight is 390 g/mol. The summed E-state index contributed by atoms with van der Waals surface area (Å²) >= 11 is 0. The molecule has 0 heterocycles. The SMILES string of the molecule is COCCOP(=O)(NC(C)C(=O)OC(C)C)Oc1ccc([N+](=O)[O-])cc1. The van der Waals surface area contributed by atoms with Crippen molar-refractivity contribution in [2.45, 2.75) is 32.9 Å². The number of nitrogens with zero attached hydrogens (tertiary/aromatic N) is 1. The van der Waals surface area contributed by atoms with Gasteiger partial charge >= 0.3 is 13.7 Å². The van der Waals surface area contributed by atoms with Crippen molar-refractivity contribution < 1.29 is 32.8 Å². The normalized spacial score (nSPS) is 14.5. The lowest BCUT2D eigenvalue weighted by atomic mass is 10.3. The van der Waals surface area contributed by atoms with Gasteiger partial charge in [0.25, 0.3) is 5.69 Å². The third-order valence-electron chi connectivity index (χ3n) is 2.88. The van der Waals surface area contributed by atoms with Gasteiger partial charge in [0.05, 0.1) is 24.2 Å². The summed E-state index contributed by atoms with van der Waals surface area (Å²) in [5.41, 5.74) is -0.144. The zero-order chi connectivity index (χ0) is 19.7. The zero-order valence-corrected chi connectivity index (χ0v) is 15.9. The molecule has 1 aromatic carbocycles. The highest BCUT2D eigenvalue weighted by atomic mass is 31.2. The molecule has 0 fully saturated rings. The Bertz CT molecular complexity index is 650. The highest BCUT2D eigenvalue weighted by molar-refractivity contribution is 7.52. The molecule has 146 valence electrons. The van der Waals surface area contributed by atoms with Gasteiger partial charge in [-0.15, -0.1) is 0 Å². The Morgan fingerprint density at radius 3 is 2.35 bits per heavy atom. The van der Waals surface area contributed by atoms with Crippen molar-refractivity contribution in [1.82, 2.24) is 5.09 Å². The van der Waals surface area contributed by atoms with E-state index in [2.05, 4.69) is 5.09 Å². The van der Waals surface area contributed by atoms with Crippen molar-refractivity contribution in [2.75, 3.05) is 20.3 Å². The van der Waals surface area contributed by atoms with Gasteiger partial charge < -0.3 is 14.0 Å². The standard InChI is InChI=1S/C15H23N2O8P/c1-11(2)24-15(18)12(3)16-26(21,23-10-9-22-4)25-14-7-5-13(6-8-14)17(19)20/h5-8,11-12H,9-10H2,1-4H3,(H,16,21). The summed E-state index contributed by atoms with van der Waals surface area (Å²) < 4.78 is 33.4. The molecule has 0 amide bonds. The van der Waals surface area contributed by atoms with Crippen LogP contribution in [0.5, 0.6) is 5.75 Å². The third kappa shape index (κ3) is 7.49. The molecule has 0 aliphatic heterocycles. The van der Waals surface area contributed by atoms with Crippen molar-refractivity contribution >= 4 is 19.4 Å². The third-order valence-corrected chi connectivity index (χ3v) is 4.56. The van der Waals surface area contributed by atoms with Gasteiger partial charge in [0.15, 0.2) is 0 Å². The minimum atomic E-state index is -3.96. The van der Waals surface area contributed by atoms with E-state index in [1.165, 1.54) is 38.3 Å². The number of carbonyl (C=O) groups excluding carboxylic acids is 1. The molecule has 0 saturated heterocycles. The molecule has 0 aliphatic rings. The smallest absolute Gasteiger partial charge is 0.459 e. The van der Waals surface area contributed by atoms with Crippen LogP contribution in [0.1, 0.15) is 20.8 Å². The van der Waals surface area contributed by atoms with E-state index >= 15 is 0 Å². The fraction of sp³-hybridized carbons (Fsp3) is 0.533. The predicted molar refractivity (Wildman–Crippen MR) is 93.0 cm³/mol. The Morgan fingerprint density at radius 2 is 1.85 bits per heavy atom. The van der Waals surface area contributed by atoms with Crippen LogP contribution in [0.2, 0.25) is 0 Å². The fourth-order valence-electron chi connectivity index (χ4n) is 1.72. The molecule has 0 radical (unpaired) electrons. The lowest BCUT2D eigenvalue weighted by molar-refractivity contribution is -0.384. The molecule has 0 aromatic heterocycles. The summed E-state index contributed by atoms with van der Waals surface area (Å²) in [5.74, 6) is -0.545. The summed E-state index contributed by atoms with van der Waals surface area (Å²) in [4.78, 5) is 22.0. The summed E-state index contributed by atoms with van der Waals surface area (Å²) in [5, 5.41) is 13.2. The number of carbonyl (C=O) groups is 1. The van der Waals surface area contributed by atoms with Gasteiger partial charge in [0.1, 0.15) is 11.8 Å². The van der Waals surface area contributed by atoms with Gasteiger partial charge in [0, 0.05) is 19.2 Å². The van der Waals surface area contributed by atoms with Gasteiger partial charge in [-0.2, -0.15) is 5.09 Å². The van der Waals surface area contributed by atoms with Crippen molar-refractivity contribution in [3.63, 3.8) is 0 Å². The summed E-state index contributed by atoms with van der Waals surface area (Å²) in [6.45, 7) is 4.93. The Hall–Kier alpha value is -2.00. The summed E-state index contributed by atoms with van der Waals surface area (Å²) in [6, 6.07) is 3.99. The number of methoxy groups -OCH3 is 1. The van der Waals surface area contributed by atoms with Crippen LogP contribution in [0.15, 0.2) is 24.3 Å².